The topological polar surface area (TPSA) is 62.5 Å². The van der Waals surface area contributed by atoms with Gasteiger partial charge >= 0.3 is 0 Å². The van der Waals surface area contributed by atoms with Gasteiger partial charge in [-0.1, -0.05) is 48.5 Å². The van der Waals surface area contributed by atoms with Gasteiger partial charge in [-0.3, -0.25) is 4.79 Å². The van der Waals surface area contributed by atoms with Crippen molar-refractivity contribution in [3.8, 4) is 0 Å². The zero-order valence-corrected chi connectivity index (χ0v) is 11.3. The molecule has 4 heteroatoms. The summed E-state index contributed by atoms with van der Waals surface area (Å²) in [5.74, 6) is -0.0855. The van der Waals surface area contributed by atoms with Crippen LogP contribution >= 0.6 is 0 Å². The molecule has 0 saturated carbocycles. The van der Waals surface area contributed by atoms with Crippen LogP contribution in [0.3, 0.4) is 0 Å². The lowest BCUT2D eigenvalue weighted by atomic mass is 10.1. The number of furan rings is 1. The second-order valence-electron chi connectivity index (χ2n) is 4.78. The number of para-hydroxylation sites is 1. The minimum absolute atomic E-state index is 0.139. The van der Waals surface area contributed by atoms with Crippen LogP contribution in [-0.4, -0.2) is 17.6 Å². The molecule has 0 bridgehead atoms. The fourth-order valence-corrected chi connectivity index (χ4v) is 2.16. The predicted octanol–water partition coefficient (Wildman–Crippen LogP) is 2.90. The van der Waals surface area contributed by atoms with Crippen molar-refractivity contribution in [1.29, 1.82) is 0 Å². The lowest BCUT2D eigenvalue weighted by Crippen LogP contribution is -2.28. The number of aliphatic hydroxyl groups excluding tert-OH is 1. The fraction of sp³-hybridized carbons (Fsp3) is 0.118. The van der Waals surface area contributed by atoms with Crippen molar-refractivity contribution in [3.05, 3.63) is 72.0 Å². The van der Waals surface area contributed by atoms with Crippen LogP contribution in [0.2, 0.25) is 0 Å². The Kier molecular flexibility index (Phi) is 3.71. The van der Waals surface area contributed by atoms with E-state index in [1.807, 2.05) is 54.6 Å². The first-order valence-electron chi connectivity index (χ1n) is 6.74. The van der Waals surface area contributed by atoms with E-state index in [-0.39, 0.29) is 18.2 Å². The Morgan fingerprint density at radius 3 is 2.57 bits per heavy atom. The van der Waals surface area contributed by atoms with Crippen molar-refractivity contribution in [2.75, 3.05) is 6.54 Å². The summed E-state index contributed by atoms with van der Waals surface area (Å²) >= 11 is 0. The van der Waals surface area contributed by atoms with Crippen molar-refractivity contribution in [2.45, 2.75) is 6.10 Å². The second kappa shape index (κ2) is 5.81. The molecule has 3 rings (SSSR count). The van der Waals surface area contributed by atoms with Gasteiger partial charge in [-0.2, -0.15) is 0 Å². The summed E-state index contributed by atoms with van der Waals surface area (Å²) in [5.41, 5.74) is 1.44. The fourth-order valence-electron chi connectivity index (χ4n) is 2.16. The highest BCUT2D eigenvalue weighted by atomic mass is 16.3. The molecular formula is C17H15NO3. The van der Waals surface area contributed by atoms with Crippen molar-refractivity contribution < 1.29 is 14.3 Å². The van der Waals surface area contributed by atoms with Crippen LogP contribution in [-0.2, 0) is 0 Å². The van der Waals surface area contributed by atoms with Crippen molar-refractivity contribution in [1.82, 2.24) is 5.32 Å². The first-order chi connectivity index (χ1) is 10.2. The summed E-state index contributed by atoms with van der Waals surface area (Å²) in [4.78, 5) is 12.0. The van der Waals surface area contributed by atoms with Crippen LogP contribution in [0.15, 0.2) is 65.1 Å². The molecular weight excluding hydrogens is 266 g/mol. The molecule has 0 aliphatic heterocycles. The van der Waals surface area contributed by atoms with Gasteiger partial charge in [-0.05, 0) is 17.7 Å². The smallest absolute Gasteiger partial charge is 0.287 e. The van der Waals surface area contributed by atoms with E-state index in [4.69, 9.17) is 4.42 Å². The molecule has 0 saturated heterocycles. The molecule has 1 aromatic heterocycles. The summed E-state index contributed by atoms with van der Waals surface area (Å²) in [5, 5.41) is 13.6. The highest BCUT2D eigenvalue weighted by molar-refractivity contribution is 5.96. The number of fused-ring (bicyclic) bond motifs is 1. The number of aliphatic hydroxyl groups is 1. The lowest BCUT2D eigenvalue weighted by Gasteiger charge is -2.11. The molecule has 106 valence electrons. The molecule has 1 amide bonds. The van der Waals surface area contributed by atoms with Crippen molar-refractivity contribution in [2.24, 2.45) is 0 Å². The molecule has 1 heterocycles. The Labute approximate surface area is 122 Å². The van der Waals surface area contributed by atoms with E-state index in [0.29, 0.717) is 5.58 Å². The third kappa shape index (κ3) is 2.95. The third-order valence-corrected chi connectivity index (χ3v) is 3.29. The number of nitrogens with one attached hydrogen (secondary N) is 1. The number of benzene rings is 2. The zero-order valence-electron chi connectivity index (χ0n) is 11.3. The monoisotopic (exact) mass is 281 g/mol. The Hall–Kier alpha value is -2.59. The van der Waals surface area contributed by atoms with Gasteiger partial charge in [0, 0.05) is 11.9 Å². The number of carbonyl (C=O) groups is 1. The maximum Gasteiger partial charge on any atom is 0.287 e. The lowest BCUT2D eigenvalue weighted by molar-refractivity contribution is 0.0891. The molecule has 0 aliphatic carbocycles. The van der Waals surface area contributed by atoms with Crippen molar-refractivity contribution >= 4 is 16.9 Å². The van der Waals surface area contributed by atoms with Crippen LogP contribution in [0.5, 0.6) is 0 Å². The Morgan fingerprint density at radius 2 is 1.81 bits per heavy atom. The Bertz CT molecular complexity index is 716. The quantitative estimate of drug-likeness (QED) is 0.773. The van der Waals surface area contributed by atoms with Gasteiger partial charge < -0.3 is 14.8 Å². The van der Waals surface area contributed by atoms with Gasteiger partial charge in [-0.15, -0.1) is 0 Å². The predicted molar refractivity (Wildman–Crippen MR) is 79.9 cm³/mol. The van der Waals surface area contributed by atoms with E-state index in [2.05, 4.69) is 5.32 Å². The average molecular weight is 281 g/mol. The molecule has 21 heavy (non-hydrogen) atoms. The molecule has 0 radical (unpaired) electrons. The van der Waals surface area contributed by atoms with E-state index < -0.39 is 6.10 Å². The van der Waals surface area contributed by atoms with E-state index in [9.17, 15) is 9.90 Å². The maximum absolute atomic E-state index is 12.0. The number of rotatable bonds is 4. The van der Waals surface area contributed by atoms with Gasteiger partial charge in [0.25, 0.3) is 5.91 Å². The number of amides is 1. The van der Waals surface area contributed by atoms with E-state index in [1.54, 1.807) is 6.07 Å². The van der Waals surface area contributed by atoms with Gasteiger partial charge in [0.2, 0.25) is 0 Å². The summed E-state index contributed by atoms with van der Waals surface area (Å²) in [6.45, 7) is 0.139. The minimum atomic E-state index is -0.737. The first kappa shape index (κ1) is 13.4. The van der Waals surface area contributed by atoms with Gasteiger partial charge in [0.1, 0.15) is 5.58 Å². The zero-order chi connectivity index (χ0) is 14.7. The van der Waals surface area contributed by atoms with E-state index in [1.165, 1.54) is 0 Å². The molecule has 0 fully saturated rings. The minimum Gasteiger partial charge on any atom is -0.451 e. The molecule has 1 unspecified atom stereocenters. The summed E-state index contributed by atoms with van der Waals surface area (Å²) < 4.78 is 5.47. The van der Waals surface area contributed by atoms with Crippen LogP contribution in [0.1, 0.15) is 22.2 Å². The van der Waals surface area contributed by atoms with Crippen LogP contribution in [0, 0.1) is 0 Å². The maximum atomic E-state index is 12.0. The SMILES string of the molecule is O=C(NCC(O)c1ccccc1)c1cc2ccccc2o1. The number of carbonyl (C=O) groups excluding carboxylic acids is 1. The first-order valence-corrected chi connectivity index (χ1v) is 6.74. The molecule has 2 N–H and O–H groups in total. The molecule has 0 spiro atoms. The van der Waals surface area contributed by atoms with Gasteiger partial charge in [-0.25, -0.2) is 0 Å². The summed E-state index contributed by atoms with van der Waals surface area (Å²) in [6.07, 6.45) is -0.737. The largest absolute Gasteiger partial charge is 0.451 e. The highest BCUT2D eigenvalue weighted by Gasteiger charge is 2.14. The molecule has 1 atom stereocenters. The number of hydrogen-bond acceptors (Lipinski definition) is 3. The normalized spacial score (nSPS) is 12.2. The molecule has 0 aliphatic rings. The number of hydrogen-bond donors (Lipinski definition) is 2. The van der Waals surface area contributed by atoms with E-state index in [0.717, 1.165) is 10.9 Å². The van der Waals surface area contributed by atoms with Gasteiger partial charge in [0.15, 0.2) is 5.76 Å². The third-order valence-electron chi connectivity index (χ3n) is 3.29. The highest BCUT2D eigenvalue weighted by Crippen LogP contribution is 2.19. The van der Waals surface area contributed by atoms with Crippen LogP contribution < -0.4 is 5.32 Å². The van der Waals surface area contributed by atoms with Crippen LogP contribution in [0.4, 0.5) is 0 Å². The summed E-state index contributed by atoms with van der Waals surface area (Å²) in [6, 6.07) is 18.3. The van der Waals surface area contributed by atoms with Crippen LogP contribution in [0.25, 0.3) is 11.0 Å². The average Bonchev–Trinajstić information content (AvgIpc) is 2.97. The standard InChI is InChI=1S/C17H15NO3/c19-14(12-6-2-1-3-7-12)11-18-17(20)16-10-13-8-4-5-9-15(13)21-16/h1-10,14,19H,11H2,(H,18,20). The van der Waals surface area contributed by atoms with E-state index >= 15 is 0 Å². The second-order valence-corrected chi connectivity index (χ2v) is 4.78. The molecule has 4 nitrogen and oxygen atoms in total. The Balaban J connectivity index is 1.66. The van der Waals surface area contributed by atoms with Crippen molar-refractivity contribution in [3.63, 3.8) is 0 Å². The molecule has 2 aromatic carbocycles. The molecule has 3 aromatic rings. The van der Waals surface area contributed by atoms with Gasteiger partial charge in [0.05, 0.1) is 6.10 Å². The Morgan fingerprint density at radius 1 is 1.10 bits per heavy atom. The summed E-state index contributed by atoms with van der Waals surface area (Å²) in [7, 11) is 0.